The lowest BCUT2D eigenvalue weighted by Gasteiger charge is -2.13. The Morgan fingerprint density at radius 1 is 1.40 bits per heavy atom. The molecule has 2 aliphatic rings. The van der Waals surface area contributed by atoms with Crippen LogP contribution in [-0.4, -0.2) is 11.5 Å². The zero-order chi connectivity index (χ0) is 7.03. The number of hydrogen-bond donors (Lipinski definition) is 0. The predicted octanol–water partition coefficient (Wildman–Crippen LogP) is 1.76. The van der Waals surface area contributed by atoms with Gasteiger partial charge in [0.05, 0.1) is 0 Å². The zero-order valence-corrected chi connectivity index (χ0v) is 6.26. The average Bonchev–Trinajstić information content (AvgIpc) is 2.11. The molecule has 2 rings (SSSR count). The normalized spacial score (nSPS) is 47.1. The van der Waals surface area contributed by atoms with Crippen LogP contribution >= 0.6 is 11.6 Å². The van der Waals surface area contributed by atoms with Crippen LogP contribution in [0.3, 0.4) is 0 Å². The summed E-state index contributed by atoms with van der Waals surface area (Å²) in [6, 6.07) is 0. The van der Waals surface area contributed by atoms with Gasteiger partial charge in [0.25, 0.3) is 5.25 Å². The Morgan fingerprint density at radius 2 is 2.30 bits per heavy atom. The van der Waals surface area contributed by atoms with Crippen molar-refractivity contribution in [3.63, 3.8) is 0 Å². The van der Waals surface area contributed by atoms with Gasteiger partial charge in [-0.25, -0.2) is 0 Å². The molecule has 0 aromatic carbocycles. The standard InChI is InChI=1S/C6H9ClO3/c7-6-4-2-1-3-5(8-6)9-10-6/h5H,1-4H2. The lowest BCUT2D eigenvalue weighted by molar-refractivity contribution is -0.312. The SMILES string of the molecule is ClC12CCCCC(OO1)O2. The van der Waals surface area contributed by atoms with E-state index in [1.165, 1.54) is 0 Å². The Kier molecular flexibility index (Phi) is 1.60. The Labute approximate surface area is 64.1 Å². The monoisotopic (exact) mass is 164 g/mol. The van der Waals surface area contributed by atoms with E-state index in [1.807, 2.05) is 0 Å². The van der Waals surface area contributed by atoms with Crippen LogP contribution in [0.5, 0.6) is 0 Å². The van der Waals surface area contributed by atoms with Gasteiger partial charge in [-0.3, -0.25) is 0 Å². The van der Waals surface area contributed by atoms with Crippen molar-refractivity contribution in [1.82, 2.24) is 0 Å². The minimum atomic E-state index is -0.971. The predicted molar refractivity (Wildman–Crippen MR) is 34.1 cm³/mol. The van der Waals surface area contributed by atoms with E-state index >= 15 is 0 Å². The van der Waals surface area contributed by atoms with Crippen molar-refractivity contribution in [2.45, 2.75) is 37.2 Å². The van der Waals surface area contributed by atoms with E-state index in [1.54, 1.807) is 0 Å². The third kappa shape index (κ3) is 1.14. The summed E-state index contributed by atoms with van der Waals surface area (Å²) in [5.41, 5.74) is 0. The second-order valence-corrected chi connectivity index (χ2v) is 3.21. The van der Waals surface area contributed by atoms with Crippen LogP contribution in [-0.2, 0) is 14.5 Å². The first-order valence-corrected chi connectivity index (χ1v) is 3.88. The summed E-state index contributed by atoms with van der Waals surface area (Å²) < 4.78 is 5.23. The molecular weight excluding hydrogens is 156 g/mol. The maximum Gasteiger partial charge on any atom is 0.280 e. The van der Waals surface area contributed by atoms with Crippen LogP contribution in [0, 0.1) is 0 Å². The molecule has 10 heavy (non-hydrogen) atoms. The molecule has 2 atom stereocenters. The number of halogens is 1. The van der Waals surface area contributed by atoms with E-state index in [0.29, 0.717) is 6.42 Å². The summed E-state index contributed by atoms with van der Waals surface area (Å²) in [5, 5.41) is -0.971. The van der Waals surface area contributed by atoms with E-state index in [4.69, 9.17) is 26.1 Å². The molecule has 2 unspecified atom stereocenters. The highest BCUT2D eigenvalue weighted by Gasteiger charge is 2.43. The first-order valence-electron chi connectivity index (χ1n) is 3.50. The van der Waals surface area contributed by atoms with Gasteiger partial charge in [-0.2, -0.15) is 9.78 Å². The molecule has 58 valence electrons. The molecule has 3 nitrogen and oxygen atoms in total. The van der Waals surface area contributed by atoms with Crippen LogP contribution in [0.4, 0.5) is 0 Å². The Balaban J connectivity index is 2.09. The fraction of sp³-hybridized carbons (Fsp3) is 1.00. The smallest absolute Gasteiger partial charge is 0.280 e. The molecule has 0 aromatic heterocycles. The molecule has 0 radical (unpaired) electrons. The van der Waals surface area contributed by atoms with Gasteiger partial charge in [-0.05, 0) is 12.8 Å². The molecule has 2 bridgehead atoms. The first-order chi connectivity index (χ1) is 4.79. The largest absolute Gasteiger partial charge is 0.302 e. The van der Waals surface area contributed by atoms with E-state index in [9.17, 15) is 0 Å². The van der Waals surface area contributed by atoms with Crippen molar-refractivity contribution in [2.75, 3.05) is 0 Å². The van der Waals surface area contributed by atoms with E-state index in [2.05, 4.69) is 0 Å². The van der Waals surface area contributed by atoms with Crippen LogP contribution < -0.4 is 0 Å². The maximum atomic E-state index is 5.84. The number of fused-ring (bicyclic) bond motifs is 2. The highest BCUT2D eigenvalue weighted by Crippen LogP contribution is 2.38. The Hall–Kier alpha value is 0.170. The van der Waals surface area contributed by atoms with Crippen molar-refractivity contribution in [3.8, 4) is 0 Å². The van der Waals surface area contributed by atoms with Gasteiger partial charge in [0.2, 0.25) is 0 Å². The second kappa shape index (κ2) is 2.34. The summed E-state index contributed by atoms with van der Waals surface area (Å²) in [4.78, 5) is 9.59. The number of alkyl halides is 1. The summed E-state index contributed by atoms with van der Waals surface area (Å²) in [6.45, 7) is 0. The van der Waals surface area contributed by atoms with Crippen molar-refractivity contribution in [3.05, 3.63) is 0 Å². The fourth-order valence-corrected chi connectivity index (χ4v) is 1.49. The topological polar surface area (TPSA) is 27.7 Å². The van der Waals surface area contributed by atoms with Crippen LogP contribution in [0.2, 0.25) is 0 Å². The lowest BCUT2D eigenvalue weighted by Crippen LogP contribution is -2.21. The maximum absolute atomic E-state index is 5.84. The van der Waals surface area contributed by atoms with E-state index in [0.717, 1.165) is 19.3 Å². The van der Waals surface area contributed by atoms with Gasteiger partial charge in [0.15, 0.2) is 6.29 Å². The molecule has 2 aliphatic heterocycles. The summed E-state index contributed by atoms with van der Waals surface area (Å²) in [5.74, 6) is 0. The molecule has 0 aliphatic carbocycles. The van der Waals surface area contributed by atoms with Gasteiger partial charge in [-0.15, -0.1) is 0 Å². The minimum absolute atomic E-state index is 0.236. The second-order valence-electron chi connectivity index (χ2n) is 2.63. The fourth-order valence-electron chi connectivity index (χ4n) is 1.22. The molecule has 2 heterocycles. The zero-order valence-electron chi connectivity index (χ0n) is 5.51. The minimum Gasteiger partial charge on any atom is -0.302 e. The Morgan fingerprint density at radius 3 is 3.20 bits per heavy atom. The molecule has 0 N–H and O–H groups in total. The average molecular weight is 165 g/mol. The molecule has 0 amide bonds. The molecule has 2 fully saturated rings. The van der Waals surface area contributed by atoms with Gasteiger partial charge in [0.1, 0.15) is 0 Å². The van der Waals surface area contributed by atoms with Gasteiger partial charge in [0, 0.05) is 12.8 Å². The first kappa shape index (κ1) is 6.85. The van der Waals surface area contributed by atoms with Gasteiger partial charge >= 0.3 is 0 Å². The number of rotatable bonds is 0. The van der Waals surface area contributed by atoms with E-state index in [-0.39, 0.29) is 6.29 Å². The summed E-state index contributed by atoms with van der Waals surface area (Å²) >= 11 is 5.84. The van der Waals surface area contributed by atoms with Crippen molar-refractivity contribution in [1.29, 1.82) is 0 Å². The van der Waals surface area contributed by atoms with Crippen molar-refractivity contribution < 1.29 is 14.5 Å². The summed E-state index contributed by atoms with van der Waals surface area (Å²) in [7, 11) is 0. The summed E-state index contributed by atoms with van der Waals surface area (Å²) in [6.07, 6.45) is 3.51. The van der Waals surface area contributed by atoms with Crippen molar-refractivity contribution >= 4 is 11.6 Å². The molecule has 0 aromatic rings. The number of hydrogen-bond acceptors (Lipinski definition) is 3. The van der Waals surface area contributed by atoms with Crippen LogP contribution in [0.15, 0.2) is 0 Å². The molecule has 0 saturated carbocycles. The van der Waals surface area contributed by atoms with Gasteiger partial charge < -0.3 is 4.74 Å². The third-order valence-electron chi connectivity index (χ3n) is 1.75. The third-order valence-corrected chi connectivity index (χ3v) is 2.09. The van der Waals surface area contributed by atoms with Crippen molar-refractivity contribution in [2.24, 2.45) is 0 Å². The Bertz CT molecular complexity index is 139. The lowest BCUT2D eigenvalue weighted by atomic mass is 10.2. The molecule has 2 saturated heterocycles. The van der Waals surface area contributed by atoms with Crippen LogP contribution in [0.25, 0.3) is 0 Å². The highest BCUT2D eigenvalue weighted by atomic mass is 35.5. The number of ether oxygens (including phenoxy) is 1. The molecule has 0 spiro atoms. The van der Waals surface area contributed by atoms with Gasteiger partial charge in [-0.1, -0.05) is 11.6 Å². The van der Waals surface area contributed by atoms with E-state index < -0.39 is 5.25 Å². The quantitative estimate of drug-likeness (QED) is 0.403. The molecule has 4 heteroatoms. The molecular formula is C6H9ClO3. The van der Waals surface area contributed by atoms with Crippen LogP contribution in [0.1, 0.15) is 25.7 Å². The highest BCUT2D eigenvalue weighted by molar-refractivity contribution is 6.21.